The molecule has 0 spiro atoms. The van der Waals surface area contributed by atoms with Gasteiger partial charge in [-0.15, -0.1) is 0 Å². The lowest BCUT2D eigenvalue weighted by Gasteiger charge is -2.32. The van der Waals surface area contributed by atoms with Crippen molar-refractivity contribution >= 4 is 43.5 Å². The first kappa shape index (κ1) is 31.2. The molecule has 0 fully saturated rings. The molecule has 0 heterocycles. The normalized spacial score (nSPS) is 11.9. The number of nitrogens with one attached hydrogen (secondary N) is 1. The van der Waals surface area contributed by atoms with E-state index in [0.29, 0.717) is 24.6 Å². The molecule has 0 saturated carbocycles. The van der Waals surface area contributed by atoms with Gasteiger partial charge in [-0.25, -0.2) is 8.42 Å². The van der Waals surface area contributed by atoms with Gasteiger partial charge in [-0.1, -0.05) is 52.7 Å². The number of hydrogen-bond acceptors (Lipinski definition) is 5. The number of anilines is 1. The molecular weight excluding hydrogens is 594 g/mol. The predicted molar refractivity (Wildman–Crippen MR) is 161 cm³/mol. The summed E-state index contributed by atoms with van der Waals surface area (Å²) in [5.41, 5.74) is 2.10. The summed E-state index contributed by atoms with van der Waals surface area (Å²) in [6, 6.07) is 19.6. The molecule has 1 N–H and O–H groups in total. The second-order valence-corrected chi connectivity index (χ2v) is 12.1. The minimum absolute atomic E-state index is 0.0246. The third kappa shape index (κ3) is 8.08. The first-order valence-electron chi connectivity index (χ1n) is 13.2. The Balaban J connectivity index is 2.01. The summed E-state index contributed by atoms with van der Waals surface area (Å²) in [6.07, 6.45) is 0.750. The Morgan fingerprint density at radius 1 is 1.00 bits per heavy atom. The van der Waals surface area contributed by atoms with Crippen molar-refractivity contribution in [2.75, 3.05) is 24.0 Å². The van der Waals surface area contributed by atoms with Gasteiger partial charge < -0.3 is 15.0 Å². The second-order valence-electron chi connectivity index (χ2n) is 9.37. The molecule has 3 aromatic rings. The number of sulfonamides is 1. The number of carbonyl (C=O) groups excluding carboxylic acids is 2. The minimum atomic E-state index is -4.14. The zero-order chi connectivity index (χ0) is 29.3. The highest BCUT2D eigenvalue weighted by Gasteiger charge is 2.32. The van der Waals surface area contributed by atoms with Crippen molar-refractivity contribution < 1.29 is 22.7 Å². The molecule has 1 atom stereocenters. The number of carbonyl (C=O) groups is 2. The maximum atomic E-state index is 13.9. The largest absolute Gasteiger partial charge is 0.494 e. The third-order valence-corrected chi connectivity index (χ3v) is 8.56. The first-order chi connectivity index (χ1) is 19.1. The van der Waals surface area contributed by atoms with E-state index in [1.807, 2.05) is 45.0 Å². The Labute approximate surface area is 245 Å². The Morgan fingerprint density at radius 2 is 1.68 bits per heavy atom. The lowest BCUT2D eigenvalue weighted by Crippen LogP contribution is -2.51. The summed E-state index contributed by atoms with van der Waals surface area (Å²) in [5.74, 6) is -0.262. The summed E-state index contributed by atoms with van der Waals surface area (Å²) >= 11 is 3.45. The van der Waals surface area contributed by atoms with E-state index < -0.39 is 28.5 Å². The zero-order valence-corrected chi connectivity index (χ0v) is 25.7. The predicted octanol–water partition coefficient (Wildman–Crippen LogP) is 5.30. The number of nitrogens with zero attached hydrogens (tertiary/aromatic N) is 2. The number of benzene rings is 3. The van der Waals surface area contributed by atoms with E-state index in [-0.39, 0.29) is 17.3 Å². The molecule has 214 valence electrons. The molecule has 0 saturated heterocycles. The highest BCUT2D eigenvalue weighted by Crippen LogP contribution is 2.26. The van der Waals surface area contributed by atoms with Crippen molar-refractivity contribution in [1.29, 1.82) is 0 Å². The first-order valence-corrected chi connectivity index (χ1v) is 15.4. The fraction of sp³-hybridized carbons (Fsp3) is 0.333. The number of hydrogen-bond donors (Lipinski definition) is 1. The summed E-state index contributed by atoms with van der Waals surface area (Å²) in [7, 11) is -4.14. The second kappa shape index (κ2) is 14.3. The fourth-order valence-electron chi connectivity index (χ4n) is 4.05. The summed E-state index contributed by atoms with van der Waals surface area (Å²) in [4.78, 5) is 28.3. The van der Waals surface area contributed by atoms with Crippen molar-refractivity contribution in [3.8, 4) is 5.75 Å². The third-order valence-electron chi connectivity index (χ3n) is 6.28. The van der Waals surface area contributed by atoms with E-state index in [0.717, 1.165) is 26.3 Å². The Morgan fingerprint density at radius 3 is 2.27 bits per heavy atom. The number of halogens is 1. The van der Waals surface area contributed by atoms with Crippen LogP contribution in [0.15, 0.2) is 82.2 Å². The van der Waals surface area contributed by atoms with Crippen molar-refractivity contribution in [3.63, 3.8) is 0 Å². The summed E-state index contributed by atoms with van der Waals surface area (Å²) in [5, 5.41) is 2.84. The highest BCUT2D eigenvalue weighted by molar-refractivity contribution is 9.10. The molecule has 8 nitrogen and oxygen atoms in total. The van der Waals surface area contributed by atoms with Crippen LogP contribution in [-0.4, -0.2) is 50.9 Å². The van der Waals surface area contributed by atoms with Gasteiger partial charge in [-0.2, -0.15) is 0 Å². The molecule has 0 bridgehead atoms. The van der Waals surface area contributed by atoms with E-state index >= 15 is 0 Å². The van der Waals surface area contributed by atoms with Gasteiger partial charge in [0.15, 0.2) is 0 Å². The maximum Gasteiger partial charge on any atom is 0.264 e. The Bertz CT molecular complexity index is 1400. The monoisotopic (exact) mass is 629 g/mol. The van der Waals surface area contributed by atoms with E-state index in [9.17, 15) is 18.0 Å². The van der Waals surface area contributed by atoms with Crippen LogP contribution in [0.2, 0.25) is 0 Å². The molecule has 40 heavy (non-hydrogen) atoms. The van der Waals surface area contributed by atoms with Gasteiger partial charge in [-0.3, -0.25) is 13.9 Å². The fourth-order valence-corrected chi connectivity index (χ4v) is 5.91. The standard InChI is InChI=1S/C30H36BrN3O5S/c1-5-18-32-30(36)23(4)33(20-24-8-7-9-25(31)19-24)29(35)21-34(26-12-10-22(3)11-13-26)40(37,38)28-16-14-27(15-17-28)39-6-2/h7-17,19,23H,5-6,18,20-21H2,1-4H3,(H,32,36)/t23-/m1/s1. The van der Waals surface area contributed by atoms with Crippen LogP contribution in [0.3, 0.4) is 0 Å². The SMILES string of the molecule is CCCNC(=O)[C@@H](C)N(Cc1cccc(Br)c1)C(=O)CN(c1ccc(C)cc1)S(=O)(=O)c1ccc(OCC)cc1. The van der Waals surface area contributed by atoms with Crippen LogP contribution >= 0.6 is 15.9 Å². The maximum absolute atomic E-state index is 13.9. The number of ether oxygens (including phenoxy) is 1. The van der Waals surface area contributed by atoms with Gasteiger partial charge in [0.1, 0.15) is 18.3 Å². The van der Waals surface area contributed by atoms with E-state index in [4.69, 9.17) is 4.74 Å². The molecule has 0 aliphatic rings. The quantitative estimate of drug-likeness (QED) is 0.277. The molecule has 0 unspecified atom stereocenters. The van der Waals surface area contributed by atoms with Gasteiger partial charge in [0.05, 0.1) is 17.2 Å². The van der Waals surface area contributed by atoms with E-state index in [1.165, 1.54) is 17.0 Å². The van der Waals surface area contributed by atoms with Gasteiger partial charge >= 0.3 is 0 Å². The van der Waals surface area contributed by atoms with Gasteiger partial charge in [0, 0.05) is 17.6 Å². The molecule has 0 radical (unpaired) electrons. The number of rotatable bonds is 13. The Hall–Kier alpha value is -3.37. The molecule has 0 aromatic heterocycles. The van der Waals surface area contributed by atoms with Crippen LogP contribution in [0.25, 0.3) is 0 Å². The van der Waals surface area contributed by atoms with Crippen LogP contribution in [0.1, 0.15) is 38.3 Å². The molecule has 10 heteroatoms. The lowest BCUT2D eigenvalue weighted by molar-refractivity contribution is -0.139. The summed E-state index contributed by atoms with van der Waals surface area (Å²) < 4.78 is 35.2. The van der Waals surface area contributed by atoms with Crippen molar-refractivity contribution in [3.05, 3.63) is 88.4 Å². The molecule has 3 aromatic carbocycles. The molecule has 2 amide bonds. The van der Waals surface area contributed by atoms with Gasteiger partial charge in [-0.05, 0) is 81.3 Å². The average Bonchev–Trinajstić information content (AvgIpc) is 2.94. The number of amides is 2. The van der Waals surface area contributed by atoms with Crippen LogP contribution in [-0.2, 0) is 26.2 Å². The smallest absolute Gasteiger partial charge is 0.264 e. The van der Waals surface area contributed by atoms with Crippen molar-refractivity contribution in [1.82, 2.24) is 10.2 Å². The van der Waals surface area contributed by atoms with Crippen LogP contribution in [0.5, 0.6) is 5.75 Å². The number of aryl methyl sites for hydroxylation is 1. The molecule has 0 aliphatic carbocycles. The minimum Gasteiger partial charge on any atom is -0.494 e. The highest BCUT2D eigenvalue weighted by atomic mass is 79.9. The molecule has 0 aliphatic heterocycles. The summed E-state index contributed by atoms with van der Waals surface area (Å²) in [6.45, 7) is 7.91. The van der Waals surface area contributed by atoms with E-state index in [2.05, 4.69) is 21.2 Å². The van der Waals surface area contributed by atoms with Crippen LogP contribution in [0.4, 0.5) is 5.69 Å². The molecule has 3 rings (SSSR count). The van der Waals surface area contributed by atoms with Gasteiger partial charge in [0.25, 0.3) is 10.0 Å². The Kier molecular flexibility index (Phi) is 11.2. The van der Waals surface area contributed by atoms with Crippen molar-refractivity contribution in [2.45, 2.75) is 51.6 Å². The lowest BCUT2D eigenvalue weighted by atomic mass is 10.1. The zero-order valence-electron chi connectivity index (χ0n) is 23.3. The van der Waals surface area contributed by atoms with Gasteiger partial charge in [0.2, 0.25) is 11.8 Å². The van der Waals surface area contributed by atoms with Crippen LogP contribution < -0.4 is 14.4 Å². The van der Waals surface area contributed by atoms with E-state index in [1.54, 1.807) is 43.3 Å². The molecular formula is C30H36BrN3O5S. The van der Waals surface area contributed by atoms with Crippen molar-refractivity contribution in [2.24, 2.45) is 0 Å². The average molecular weight is 631 g/mol. The van der Waals surface area contributed by atoms with Crippen LogP contribution in [0, 0.1) is 6.92 Å². The topological polar surface area (TPSA) is 96.0 Å².